The Labute approximate surface area is 159 Å². The minimum Gasteiger partial charge on any atom is -0.344 e. The highest BCUT2D eigenvalue weighted by atomic mass is 16.2. The number of rotatable bonds is 4. The zero-order chi connectivity index (χ0) is 19.5. The molecule has 0 saturated carbocycles. The topological polar surface area (TPSA) is 122 Å². The molecule has 1 aliphatic rings. The quantitative estimate of drug-likeness (QED) is 0.581. The van der Waals surface area contributed by atoms with Gasteiger partial charge in [0.05, 0.1) is 0 Å². The van der Waals surface area contributed by atoms with Crippen molar-refractivity contribution in [3.8, 4) is 11.4 Å². The van der Waals surface area contributed by atoms with E-state index in [2.05, 4.69) is 30.4 Å². The number of fused-ring (bicyclic) bond motifs is 1. The van der Waals surface area contributed by atoms with Gasteiger partial charge in [-0.3, -0.25) is 14.4 Å². The number of amides is 2. The molecule has 1 aromatic carbocycles. The lowest BCUT2D eigenvalue weighted by atomic mass is 10.2. The van der Waals surface area contributed by atoms with Crippen molar-refractivity contribution < 1.29 is 9.59 Å². The van der Waals surface area contributed by atoms with Gasteiger partial charge in [-0.2, -0.15) is 0 Å². The average molecular weight is 378 g/mol. The maximum absolute atomic E-state index is 12.2. The lowest BCUT2D eigenvalue weighted by molar-refractivity contribution is -0.136. The number of carbonyl (C=O) groups excluding carboxylic acids is 2. The second kappa shape index (κ2) is 7.47. The molecule has 142 valence electrons. The third-order valence-corrected chi connectivity index (χ3v) is 4.53. The van der Waals surface area contributed by atoms with Crippen molar-refractivity contribution in [3.63, 3.8) is 0 Å². The van der Waals surface area contributed by atoms with Gasteiger partial charge in [-0.1, -0.05) is 18.2 Å². The molecule has 3 aromatic rings. The molecule has 1 aliphatic heterocycles. The van der Waals surface area contributed by atoms with Crippen molar-refractivity contribution in [2.45, 2.75) is 25.9 Å². The lowest BCUT2D eigenvalue weighted by Crippen LogP contribution is -2.36. The van der Waals surface area contributed by atoms with Crippen molar-refractivity contribution in [2.24, 2.45) is 0 Å². The Morgan fingerprint density at radius 1 is 1.14 bits per heavy atom. The number of pyridine rings is 1. The summed E-state index contributed by atoms with van der Waals surface area (Å²) in [5.41, 5.74) is 1.35. The summed E-state index contributed by atoms with van der Waals surface area (Å²) < 4.78 is 2.06. The van der Waals surface area contributed by atoms with Crippen LogP contribution < -0.4 is 16.2 Å². The van der Waals surface area contributed by atoms with Gasteiger partial charge in [-0.25, -0.2) is 0 Å². The summed E-state index contributed by atoms with van der Waals surface area (Å²) in [5.74, 6) is 0.0732. The maximum Gasteiger partial charge on any atom is 0.313 e. The third kappa shape index (κ3) is 3.54. The van der Waals surface area contributed by atoms with E-state index in [4.69, 9.17) is 0 Å². The first kappa shape index (κ1) is 17.7. The molecule has 4 rings (SSSR count). The Bertz CT molecular complexity index is 1100. The zero-order valence-corrected chi connectivity index (χ0v) is 14.9. The highest BCUT2D eigenvalue weighted by Crippen LogP contribution is 2.25. The van der Waals surface area contributed by atoms with Crippen LogP contribution in [0.5, 0.6) is 0 Å². The van der Waals surface area contributed by atoms with Gasteiger partial charge in [0.1, 0.15) is 5.82 Å². The summed E-state index contributed by atoms with van der Waals surface area (Å²) in [6.45, 7) is 0.837. The average Bonchev–Trinajstić information content (AvgIpc) is 3.31. The molecule has 0 fully saturated rings. The van der Waals surface area contributed by atoms with E-state index in [1.165, 1.54) is 6.20 Å². The smallest absolute Gasteiger partial charge is 0.313 e. The van der Waals surface area contributed by atoms with Crippen LogP contribution in [0, 0.1) is 0 Å². The molecular weight excluding hydrogens is 360 g/mol. The number of nitrogens with one attached hydrogen (secondary N) is 3. The van der Waals surface area contributed by atoms with Crippen LogP contribution in [0.15, 0.2) is 47.4 Å². The minimum atomic E-state index is -0.822. The number of hydrogen-bond acceptors (Lipinski definition) is 5. The number of H-pyrrole nitrogens is 1. The number of hydrogen-bond donors (Lipinski definition) is 3. The van der Waals surface area contributed by atoms with E-state index < -0.39 is 11.8 Å². The van der Waals surface area contributed by atoms with Crippen molar-refractivity contribution in [1.29, 1.82) is 0 Å². The van der Waals surface area contributed by atoms with Crippen molar-refractivity contribution >= 4 is 17.5 Å². The molecule has 0 unspecified atom stereocenters. The van der Waals surface area contributed by atoms with Crippen molar-refractivity contribution in [2.75, 3.05) is 5.32 Å². The van der Waals surface area contributed by atoms with Crippen LogP contribution in [-0.2, 0) is 29.1 Å². The first-order chi connectivity index (χ1) is 13.6. The van der Waals surface area contributed by atoms with Gasteiger partial charge >= 0.3 is 11.8 Å². The van der Waals surface area contributed by atoms with Gasteiger partial charge in [0.2, 0.25) is 0 Å². The second-order valence-electron chi connectivity index (χ2n) is 6.44. The van der Waals surface area contributed by atoms with E-state index in [-0.39, 0.29) is 12.1 Å². The molecule has 2 aromatic heterocycles. The Kier molecular flexibility index (Phi) is 4.71. The Hall–Kier alpha value is -3.75. The molecule has 2 amide bonds. The van der Waals surface area contributed by atoms with Crippen LogP contribution in [0.3, 0.4) is 0 Å². The van der Waals surface area contributed by atoms with Crippen LogP contribution in [0.2, 0.25) is 0 Å². The van der Waals surface area contributed by atoms with Crippen LogP contribution in [0.1, 0.15) is 17.8 Å². The normalized spacial score (nSPS) is 12.4. The number of carbonyl (C=O) groups is 2. The molecular formula is C19H18N6O3. The first-order valence-electron chi connectivity index (χ1n) is 8.90. The number of aryl methyl sites for hydroxylation is 1. The van der Waals surface area contributed by atoms with Crippen LogP contribution >= 0.6 is 0 Å². The van der Waals surface area contributed by atoms with E-state index in [0.29, 0.717) is 11.3 Å². The van der Waals surface area contributed by atoms with Gasteiger partial charge in [0.25, 0.3) is 5.56 Å². The molecule has 0 radical (unpaired) electrons. The first-order valence-corrected chi connectivity index (χ1v) is 8.90. The maximum atomic E-state index is 12.2. The van der Waals surface area contributed by atoms with Gasteiger partial charge < -0.3 is 20.2 Å². The second-order valence-corrected chi connectivity index (χ2v) is 6.44. The van der Waals surface area contributed by atoms with Crippen LogP contribution in [0.4, 0.5) is 5.69 Å². The summed E-state index contributed by atoms with van der Waals surface area (Å²) >= 11 is 0. The van der Waals surface area contributed by atoms with E-state index in [1.807, 2.05) is 6.07 Å². The molecule has 3 heterocycles. The fourth-order valence-electron chi connectivity index (χ4n) is 3.14. The minimum absolute atomic E-state index is 0.0334. The Morgan fingerprint density at radius 3 is 2.89 bits per heavy atom. The highest BCUT2D eigenvalue weighted by molar-refractivity contribution is 6.39. The lowest BCUT2D eigenvalue weighted by Gasteiger charge is -2.08. The highest BCUT2D eigenvalue weighted by Gasteiger charge is 2.19. The molecule has 0 saturated heterocycles. The third-order valence-electron chi connectivity index (χ3n) is 4.53. The molecule has 28 heavy (non-hydrogen) atoms. The summed E-state index contributed by atoms with van der Waals surface area (Å²) in [6, 6.07) is 10.3. The number of aromatic amines is 1. The van der Waals surface area contributed by atoms with Crippen molar-refractivity contribution in [1.82, 2.24) is 25.1 Å². The Morgan fingerprint density at radius 2 is 2.04 bits per heavy atom. The molecule has 0 atom stereocenters. The SMILES string of the molecule is O=C(NCc1ccc[nH]c1=O)C(=O)Nc1cccc(-c2nnc3n2CCC3)c1. The van der Waals surface area contributed by atoms with E-state index in [9.17, 15) is 14.4 Å². The molecule has 0 bridgehead atoms. The van der Waals surface area contributed by atoms with Crippen molar-refractivity contribution in [3.05, 3.63) is 64.3 Å². The number of benzene rings is 1. The predicted octanol–water partition coefficient (Wildman–Crippen LogP) is 0.834. The van der Waals surface area contributed by atoms with E-state index in [0.717, 1.165) is 36.6 Å². The molecule has 9 nitrogen and oxygen atoms in total. The predicted molar refractivity (Wildman–Crippen MR) is 101 cm³/mol. The number of aromatic nitrogens is 4. The molecule has 0 spiro atoms. The van der Waals surface area contributed by atoms with Crippen LogP contribution in [-0.4, -0.2) is 31.6 Å². The van der Waals surface area contributed by atoms with E-state index in [1.54, 1.807) is 30.3 Å². The van der Waals surface area contributed by atoms with Gasteiger partial charge in [0.15, 0.2) is 5.82 Å². The zero-order valence-electron chi connectivity index (χ0n) is 14.9. The monoisotopic (exact) mass is 378 g/mol. The number of anilines is 1. The number of nitrogens with zero attached hydrogens (tertiary/aromatic N) is 3. The molecule has 9 heteroatoms. The summed E-state index contributed by atoms with van der Waals surface area (Å²) in [7, 11) is 0. The van der Waals surface area contributed by atoms with E-state index >= 15 is 0 Å². The fraction of sp³-hybridized carbons (Fsp3) is 0.211. The Balaban J connectivity index is 1.42. The summed E-state index contributed by atoms with van der Waals surface area (Å²) in [5, 5.41) is 13.4. The summed E-state index contributed by atoms with van der Waals surface area (Å²) in [6.07, 6.45) is 3.45. The fourth-order valence-corrected chi connectivity index (χ4v) is 3.14. The van der Waals surface area contributed by atoms with Crippen LogP contribution in [0.25, 0.3) is 11.4 Å². The van der Waals surface area contributed by atoms with Gasteiger partial charge in [-0.05, 0) is 24.6 Å². The summed E-state index contributed by atoms with van der Waals surface area (Å²) in [4.78, 5) is 38.3. The largest absolute Gasteiger partial charge is 0.344 e. The van der Waals surface area contributed by atoms with Gasteiger partial charge in [0, 0.05) is 42.5 Å². The molecule has 3 N–H and O–H groups in total. The standard InChI is InChI=1S/C19H18N6O3/c26-17-13(5-2-8-20-17)11-21-18(27)19(28)22-14-6-1-4-12(10-14)16-24-23-15-7-3-9-25(15)16/h1-2,4-6,8,10H,3,7,9,11H2,(H,20,26)(H,21,27)(H,22,28). The van der Waals surface area contributed by atoms with Gasteiger partial charge in [-0.15, -0.1) is 10.2 Å². The molecule has 0 aliphatic carbocycles.